The molecule has 198 valence electrons. The van der Waals surface area contributed by atoms with E-state index in [-0.39, 0.29) is 24.8 Å². The van der Waals surface area contributed by atoms with E-state index in [4.69, 9.17) is 0 Å². The maximum Gasteiger partial charge on any atom is 0.242 e. The minimum Gasteiger partial charge on any atom is -0.354 e. The van der Waals surface area contributed by atoms with Crippen LogP contribution in [0, 0.1) is 6.92 Å². The Hall–Kier alpha value is -2.87. The first-order valence-electron chi connectivity index (χ1n) is 12.8. The van der Waals surface area contributed by atoms with Crippen molar-refractivity contribution in [3.05, 3.63) is 65.2 Å². The number of benzene rings is 2. The highest BCUT2D eigenvalue weighted by molar-refractivity contribution is 7.92. The fourth-order valence-corrected chi connectivity index (χ4v) is 5.12. The number of carbonyl (C=O) groups is 2. The molecule has 1 N–H and O–H groups in total. The SMILES string of the molecule is CCCNC(=O)[C@@H](CC)N(Cc1ccccc1C)C(=O)CCCN(c1ccc(CC)cc1)S(C)(=O)=O. The Balaban J connectivity index is 2.20. The quantitative estimate of drug-likeness (QED) is 0.403. The lowest BCUT2D eigenvalue weighted by Crippen LogP contribution is -2.49. The van der Waals surface area contributed by atoms with E-state index in [2.05, 4.69) is 5.32 Å². The monoisotopic (exact) mass is 515 g/mol. The third kappa shape index (κ3) is 8.36. The van der Waals surface area contributed by atoms with Crippen LogP contribution in [0.2, 0.25) is 0 Å². The number of rotatable bonds is 14. The predicted molar refractivity (Wildman–Crippen MR) is 146 cm³/mol. The molecule has 0 bridgehead atoms. The molecule has 2 rings (SSSR count). The molecule has 0 unspecified atom stereocenters. The van der Waals surface area contributed by atoms with Crippen LogP contribution >= 0.6 is 0 Å². The molecule has 36 heavy (non-hydrogen) atoms. The summed E-state index contributed by atoms with van der Waals surface area (Å²) in [5.74, 6) is -0.318. The van der Waals surface area contributed by atoms with Crippen molar-refractivity contribution in [1.29, 1.82) is 0 Å². The van der Waals surface area contributed by atoms with E-state index in [1.165, 1.54) is 10.6 Å². The van der Waals surface area contributed by atoms with Gasteiger partial charge in [0.05, 0.1) is 11.9 Å². The number of carbonyl (C=O) groups excluding carboxylic acids is 2. The Labute approximate surface area is 216 Å². The zero-order valence-electron chi connectivity index (χ0n) is 22.3. The van der Waals surface area contributed by atoms with Crippen molar-refractivity contribution in [3.8, 4) is 0 Å². The van der Waals surface area contributed by atoms with E-state index in [1.807, 2.05) is 64.1 Å². The van der Waals surface area contributed by atoms with Gasteiger partial charge in [-0.2, -0.15) is 0 Å². The number of aryl methyl sites for hydroxylation is 2. The summed E-state index contributed by atoms with van der Waals surface area (Å²) in [6.45, 7) is 9.00. The van der Waals surface area contributed by atoms with Gasteiger partial charge in [0.15, 0.2) is 0 Å². The van der Waals surface area contributed by atoms with Crippen molar-refractivity contribution in [3.63, 3.8) is 0 Å². The molecule has 0 saturated heterocycles. The van der Waals surface area contributed by atoms with Gasteiger partial charge in [-0.3, -0.25) is 13.9 Å². The van der Waals surface area contributed by atoms with Crippen LogP contribution in [-0.2, 0) is 32.6 Å². The summed E-state index contributed by atoms with van der Waals surface area (Å²) in [5.41, 5.74) is 3.75. The van der Waals surface area contributed by atoms with E-state index in [9.17, 15) is 18.0 Å². The minimum absolute atomic E-state index is 0.141. The van der Waals surface area contributed by atoms with Crippen molar-refractivity contribution >= 4 is 27.5 Å². The number of nitrogens with one attached hydrogen (secondary N) is 1. The molecule has 8 heteroatoms. The standard InChI is InChI=1S/C28H41N3O4S/c1-6-19-29-28(33)26(8-3)30(21-24-13-10-9-12-22(24)4)27(32)14-11-20-31(36(5,34)35)25-17-15-23(7-2)16-18-25/h9-10,12-13,15-18,26H,6-8,11,14,19-21H2,1-5H3,(H,29,33)/t26-/m1/s1. The largest absolute Gasteiger partial charge is 0.354 e. The molecule has 2 aromatic rings. The average Bonchev–Trinajstić information content (AvgIpc) is 2.85. The van der Waals surface area contributed by atoms with E-state index >= 15 is 0 Å². The lowest BCUT2D eigenvalue weighted by atomic mass is 10.1. The summed E-state index contributed by atoms with van der Waals surface area (Å²) < 4.78 is 26.3. The van der Waals surface area contributed by atoms with E-state index < -0.39 is 16.1 Å². The maximum atomic E-state index is 13.5. The number of anilines is 1. The maximum absolute atomic E-state index is 13.5. The highest BCUT2D eigenvalue weighted by Crippen LogP contribution is 2.21. The summed E-state index contributed by atoms with van der Waals surface area (Å²) in [6, 6.07) is 14.7. The Morgan fingerprint density at radius 2 is 1.67 bits per heavy atom. The first-order valence-corrected chi connectivity index (χ1v) is 14.6. The van der Waals surface area contributed by atoms with E-state index in [0.29, 0.717) is 31.6 Å². The molecule has 0 aliphatic carbocycles. The van der Waals surface area contributed by atoms with Crippen LogP contribution < -0.4 is 9.62 Å². The van der Waals surface area contributed by atoms with Gasteiger partial charge in [-0.15, -0.1) is 0 Å². The first-order chi connectivity index (χ1) is 17.1. The van der Waals surface area contributed by atoms with Crippen LogP contribution in [0.4, 0.5) is 5.69 Å². The highest BCUT2D eigenvalue weighted by Gasteiger charge is 2.29. The molecule has 2 aromatic carbocycles. The van der Waals surface area contributed by atoms with E-state index in [0.717, 1.165) is 29.5 Å². The number of amides is 2. The topological polar surface area (TPSA) is 86.8 Å². The van der Waals surface area contributed by atoms with Crippen LogP contribution in [0.5, 0.6) is 0 Å². The van der Waals surface area contributed by atoms with Crippen molar-refractivity contribution in [2.45, 2.75) is 72.4 Å². The van der Waals surface area contributed by atoms with Crippen LogP contribution in [-0.4, -0.2) is 50.5 Å². The average molecular weight is 516 g/mol. The summed E-state index contributed by atoms with van der Waals surface area (Å²) in [5, 5.41) is 2.92. The van der Waals surface area contributed by atoms with Crippen molar-refractivity contribution < 1.29 is 18.0 Å². The third-order valence-corrected chi connectivity index (χ3v) is 7.52. The highest BCUT2D eigenvalue weighted by atomic mass is 32.2. The van der Waals surface area contributed by atoms with Gasteiger partial charge < -0.3 is 10.2 Å². The summed E-state index contributed by atoms with van der Waals surface area (Å²) in [7, 11) is -3.51. The molecule has 0 aromatic heterocycles. The van der Waals surface area contributed by atoms with Gasteiger partial charge in [0.25, 0.3) is 0 Å². The second-order valence-electron chi connectivity index (χ2n) is 9.12. The molecule has 0 aliphatic heterocycles. The Morgan fingerprint density at radius 3 is 2.22 bits per heavy atom. The number of nitrogens with zero attached hydrogens (tertiary/aromatic N) is 2. The fraction of sp³-hybridized carbons (Fsp3) is 0.500. The van der Waals surface area contributed by atoms with Crippen LogP contribution in [0.15, 0.2) is 48.5 Å². The van der Waals surface area contributed by atoms with Crippen molar-refractivity contribution in [2.75, 3.05) is 23.7 Å². The molecule has 0 fully saturated rings. The lowest BCUT2D eigenvalue weighted by Gasteiger charge is -2.31. The molecule has 0 heterocycles. The molecule has 0 aliphatic rings. The van der Waals surface area contributed by atoms with Gasteiger partial charge in [0, 0.05) is 26.1 Å². The molecule has 2 amide bonds. The fourth-order valence-electron chi connectivity index (χ4n) is 4.16. The Bertz CT molecular complexity index is 1100. The second kappa shape index (κ2) is 14.0. The van der Waals surface area contributed by atoms with Gasteiger partial charge in [0.1, 0.15) is 6.04 Å². The van der Waals surface area contributed by atoms with Gasteiger partial charge in [-0.1, -0.05) is 57.2 Å². The lowest BCUT2D eigenvalue weighted by molar-refractivity contribution is -0.141. The van der Waals surface area contributed by atoms with Crippen LogP contribution in [0.25, 0.3) is 0 Å². The summed E-state index contributed by atoms with van der Waals surface area (Å²) in [4.78, 5) is 28.0. The number of hydrogen-bond donors (Lipinski definition) is 1. The van der Waals surface area contributed by atoms with E-state index in [1.54, 1.807) is 17.0 Å². The second-order valence-corrected chi connectivity index (χ2v) is 11.0. The Morgan fingerprint density at radius 1 is 1.00 bits per heavy atom. The van der Waals surface area contributed by atoms with Gasteiger partial charge in [-0.25, -0.2) is 8.42 Å². The zero-order chi connectivity index (χ0) is 26.7. The van der Waals surface area contributed by atoms with Crippen LogP contribution in [0.1, 0.15) is 63.1 Å². The molecule has 0 saturated carbocycles. The van der Waals surface area contributed by atoms with Gasteiger partial charge >= 0.3 is 0 Å². The number of sulfonamides is 1. The zero-order valence-corrected chi connectivity index (χ0v) is 23.1. The molecule has 7 nitrogen and oxygen atoms in total. The van der Waals surface area contributed by atoms with Gasteiger partial charge in [0.2, 0.25) is 21.8 Å². The van der Waals surface area contributed by atoms with Gasteiger partial charge in [-0.05, 0) is 61.4 Å². The molecule has 0 radical (unpaired) electrons. The Kier molecular flexibility index (Phi) is 11.4. The molecular weight excluding hydrogens is 474 g/mol. The summed E-state index contributed by atoms with van der Waals surface area (Å²) in [6.07, 6.45) is 3.84. The normalized spacial score (nSPS) is 12.1. The van der Waals surface area contributed by atoms with Crippen molar-refractivity contribution in [1.82, 2.24) is 10.2 Å². The smallest absolute Gasteiger partial charge is 0.242 e. The molecular formula is C28H41N3O4S. The number of hydrogen-bond acceptors (Lipinski definition) is 4. The summed E-state index contributed by atoms with van der Waals surface area (Å²) >= 11 is 0. The molecule has 0 spiro atoms. The predicted octanol–water partition coefficient (Wildman–Crippen LogP) is 4.44. The minimum atomic E-state index is -3.51. The van der Waals surface area contributed by atoms with Crippen LogP contribution in [0.3, 0.4) is 0 Å². The third-order valence-electron chi connectivity index (χ3n) is 6.32. The van der Waals surface area contributed by atoms with Crippen molar-refractivity contribution in [2.24, 2.45) is 0 Å². The first kappa shape index (κ1) is 29.4. The molecule has 1 atom stereocenters.